The Balaban J connectivity index is 2.59. The predicted octanol–water partition coefficient (Wildman–Crippen LogP) is 2.08. The molecule has 0 saturated heterocycles. The summed E-state index contributed by atoms with van der Waals surface area (Å²) in [5.74, 6) is 0. The lowest BCUT2D eigenvalue weighted by atomic mass is 10.2. The Bertz CT molecular complexity index is 323. The van der Waals surface area contributed by atoms with E-state index in [2.05, 4.69) is 17.2 Å². The van der Waals surface area contributed by atoms with Crippen molar-refractivity contribution in [3.8, 4) is 0 Å². The molecule has 2 rings (SSSR count). The van der Waals surface area contributed by atoms with E-state index in [1.54, 1.807) is 11.3 Å². The first-order chi connectivity index (χ1) is 5.38. The van der Waals surface area contributed by atoms with Crippen molar-refractivity contribution in [3.05, 3.63) is 28.5 Å². The number of nitrogens with zero attached hydrogens (tertiary/aromatic N) is 1. The highest BCUT2D eigenvalue weighted by atomic mass is 32.1. The Morgan fingerprint density at radius 3 is 3.36 bits per heavy atom. The summed E-state index contributed by atoms with van der Waals surface area (Å²) in [6.45, 7) is 2.08. The lowest BCUT2D eigenvalue weighted by molar-refractivity contribution is 1.21. The van der Waals surface area contributed by atoms with Crippen LogP contribution in [0.3, 0.4) is 0 Å². The summed E-state index contributed by atoms with van der Waals surface area (Å²) in [7, 11) is 0. The third kappa shape index (κ3) is 1.07. The molecular weight excluding hydrogens is 156 g/mol. The monoisotopic (exact) mass is 164 g/mol. The van der Waals surface area contributed by atoms with E-state index in [-0.39, 0.29) is 0 Å². The number of rotatable bonds is 0. The first-order valence-electron chi connectivity index (χ1n) is 3.41. The fourth-order valence-corrected chi connectivity index (χ4v) is 1.79. The summed E-state index contributed by atoms with van der Waals surface area (Å²) in [5, 5.41) is 3.05. The smallest absolute Gasteiger partial charge is 0.0829 e. The molecule has 0 fully saturated rings. The summed E-state index contributed by atoms with van der Waals surface area (Å²) in [5.41, 5.74) is 4.18. The number of aromatic nitrogens is 1. The average molecular weight is 164 g/mol. The molecule has 11 heavy (non-hydrogen) atoms. The van der Waals surface area contributed by atoms with Crippen LogP contribution in [0, 0.1) is 0 Å². The quantitative estimate of drug-likeness (QED) is 0.635. The van der Waals surface area contributed by atoms with Gasteiger partial charge in [-0.3, -0.25) is 0 Å². The normalized spacial score (nSPS) is 14.8. The van der Waals surface area contributed by atoms with E-state index in [1.807, 2.05) is 24.0 Å². The Labute approximate surface area is 69.3 Å². The number of allylic oxidation sites excluding steroid dienone is 1. The van der Waals surface area contributed by atoms with Gasteiger partial charge >= 0.3 is 0 Å². The van der Waals surface area contributed by atoms with Crippen LogP contribution in [0.1, 0.15) is 17.5 Å². The molecule has 0 bridgehead atoms. The molecule has 56 valence electrons. The minimum atomic E-state index is 1.06. The SMILES string of the molecule is CC1=CNC=Cc2ncsc21. The molecule has 1 aliphatic rings. The van der Waals surface area contributed by atoms with Gasteiger partial charge in [-0.15, -0.1) is 11.3 Å². The van der Waals surface area contributed by atoms with Crippen molar-refractivity contribution in [3.63, 3.8) is 0 Å². The first-order valence-corrected chi connectivity index (χ1v) is 4.29. The fraction of sp³-hybridized carbons (Fsp3) is 0.125. The van der Waals surface area contributed by atoms with E-state index in [9.17, 15) is 0 Å². The van der Waals surface area contributed by atoms with Crippen LogP contribution < -0.4 is 5.32 Å². The minimum absolute atomic E-state index is 1.06. The van der Waals surface area contributed by atoms with Crippen LogP contribution in [0.5, 0.6) is 0 Å². The molecule has 0 aromatic carbocycles. The molecular formula is C8H8N2S. The molecule has 0 atom stereocenters. The molecule has 1 N–H and O–H groups in total. The van der Waals surface area contributed by atoms with Gasteiger partial charge in [-0.1, -0.05) is 0 Å². The minimum Gasteiger partial charge on any atom is -0.367 e. The summed E-state index contributed by atoms with van der Waals surface area (Å²) < 4.78 is 0. The maximum atomic E-state index is 4.22. The largest absolute Gasteiger partial charge is 0.367 e. The molecule has 0 spiro atoms. The standard InChI is InChI=1S/C8H8N2S/c1-6-4-9-3-2-7-8(6)11-5-10-7/h2-5,9H,1H3. The van der Waals surface area contributed by atoms with Crippen LogP contribution in [0.25, 0.3) is 11.6 Å². The zero-order valence-corrected chi connectivity index (χ0v) is 6.98. The molecule has 1 aromatic rings. The molecule has 1 aromatic heterocycles. The first kappa shape index (κ1) is 6.61. The van der Waals surface area contributed by atoms with Crippen molar-refractivity contribution in [2.75, 3.05) is 0 Å². The second-order valence-electron chi connectivity index (χ2n) is 2.39. The Morgan fingerprint density at radius 2 is 2.45 bits per heavy atom. The molecule has 0 amide bonds. The van der Waals surface area contributed by atoms with Crippen LogP contribution in [0.2, 0.25) is 0 Å². The Kier molecular flexibility index (Phi) is 1.51. The van der Waals surface area contributed by atoms with Crippen LogP contribution in [0.4, 0.5) is 0 Å². The third-order valence-electron chi connectivity index (χ3n) is 1.59. The van der Waals surface area contributed by atoms with Crippen molar-refractivity contribution in [1.82, 2.24) is 10.3 Å². The molecule has 0 saturated carbocycles. The highest BCUT2D eigenvalue weighted by Gasteiger charge is 2.05. The van der Waals surface area contributed by atoms with Crippen LogP contribution in [0.15, 0.2) is 17.9 Å². The fourth-order valence-electron chi connectivity index (χ4n) is 1.03. The molecule has 0 aliphatic carbocycles. The summed E-state index contributed by atoms with van der Waals surface area (Å²) in [6, 6.07) is 0. The summed E-state index contributed by atoms with van der Waals surface area (Å²) >= 11 is 1.68. The maximum absolute atomic E-state index is 4.22. The highest BCUT2D eigenvalue weighted by Crippen LogP contribution is 2.24. The molecule has 0 radical (unpaired) electrons. The van der Waals surface area contributed by atoms with Crippen LogP contribution in [-0.2, 0) is 0 Å². The van der Waals surface area contributed by atoms with Gasteiger partial charge in [-0.25, -0.2) is 4.98 Å². The number of nitrogens with one attached hydrogen (secondary N) is 1. The van der Waals surface area contributed by atoms with Gasteiger partial charge < -0.3 is 5.32 Å². The van der Waals surface area contributed by atoms with E-state index < -0.39 is 0 Å². The van der Waals surface area contributed by atoms with E-state index >= 15 is 0 Å². The van der Waals surface area contributed by atoms with E-state index in [0.29, 0.717) is 0 Å². The van der Waals surface area contributed by atoms with Crippen LogP contribution >= 0.6 is 11.3 Å². The lowest BCUT2D eigenvalue weighted by Crippen LogP contribution is -1.89. The van der Waals surface area contributed by atoms with Crippen LogP contribution in [-0.4, -0.2) is 4.98 Å². The van der Waals surface area contributed by atoms with Crippen molar-refractivity contribution in [1.29, 1.82) is 0 Å². The third-order valence-corrected chi connectivity index (χ3v) is 2.57. The van der Waals surface area contributed by atoms with E-state index in [0.717, 1.165) is 5.69 Å². The number of fused-ring (bicyclic) bond motifs is 1. The van der Waals surface area contributed by atoms with Gasteiger partial charge in [0.25, 0.3) is 0 Å². The van der Waals surface area contributed by atoms with E-state index in [4.69, 9.17) is 0 Å². The topological polar surface area (TPSA) is 24.9 Å². The number of thiazole rings is 1. The van der Waals surface area contributed by atoms with Gasteiger partial charge in [-0.05, 0) is 18.6 Å². The van der Waals surface area contributed by atoms with Crippen molar-refractivity contribution >= 4 is 23.0 Å². The average Bonchev–Trinajstić information content (AvgIpc) is 2.40. The highest BCUT2D eigenvalue weighted by molar-refractivity contribution is 7.11. The molecule has 2 heterocycles. The zero-order valence-electron chi connectivity index (χ0n) is 6.16. The zero-order chi connectivity index (χ0) is 7.68. The second-order valence-corrected chi connectivity index (χ2v) is 3.25. The van der Waals surface area contributed by atoms with Gasteiger partial charge in [0.05, 0.1) is 16.1 Å². The molecule has 3 heteroatoms. The number of hydrogen-bond donors (Lipinski definition) is 1. The van der Waals surface area contributed by atoms with Gasteiger partial charge in [0.15, 0.2) is 0 Å². The van der Waals surface area contributed by atoms with Crippen molar-refractivity contribution in [2.45, 2.75) is 6.92 Å². The molecule has 0 unspecified atom stereocenters. The van der Waals surface area contributed by atoms with Crippen molar-refractivity contribution < 1.29 is 0 Å². The maximum Gasteiger partial charge on any atom is 0.0829 e. The predicted molar refractivity (Wildman–Crippen MR) is 47.9 cm³/mol. The number of hydrogen-bond acceptors (Lipinski definition) is 3. The Morgan fingerprint density at radius 1 is 1.55 bits per heavy atom. The van der Waals surface area contributed by atoms with Crippen molar-refractivity contribution in [2.24, 2.45) is 0 Å². The van der Waals surface area contributed by atoms with E-state index in [1.165, 1.54) is 10.5 Å². The van der Waals surface area contributed by atoms with Gasteiger partial charge in [0, 0.05) is 12.4 Å². The molecule has 1 aliphatic heterocycles. The Hall–Kier alpha value is -1.09. The van der Waals surface area contributed by atoms with Gasteiger partial charge in [0.1, 0.15) is 0 Å². The summed E-state index contributed by atoms with van der Waals surface area (Å²) in [6.07, 6.45) is 5.87. The summed E-state index contributed by atoms with van der Waals surface area (Å²) in [4.78, 5) is 5.47. The molecule has 2 nitrogen and oxygen atoms in total. The van der Waals surface area contributed by atoms with Gasteiger partial charge in [-0.2, -0.15) is 0 Å². The lowest BCUT2D eigenvalue weighted by Gasteiger charge is -1.93. The van der Waals surface area contributed by atoms with Gasteiger partial charge in [0.2, 0.25) is 0 Å². The second kappa shape index (κ2) is 2.51.